The lowest BCUT2D eigenvalue weighted by Gasteiger charge is -2.17. The molecule has 0 amide bonds. The molecule has 1 fully saturated rings. The number of nitrogens with two attached hydrogens (primary N) is 1. The van der Waals surface area contributed by atoms with Gasteiger partial charge in [0.05, 0.1) is 0 Å². The molecule has 1 aliphatic carbocycles. The number of aliphatic carboxylic acids is 1. The number of hydrogen-bond acceptors (Lipinski definition) is 6. The molecule has 1 aromatic rings. The van der Waals surface area contributed by atoms with Crippen molar-refractivity contribution in [3.63, 3.8) is 0 Å². The number of aromatic nitrogens is 2. The first-order valence-corrected chi connectivity index (χ1v) is 6.21. The highest BCUT2D eigenvalue weighted by atomic mass is 32.2. The van der Waals surface area contributed by atoms with E-state index in [1.165, 1.54) is 17.9 Å². The minimum absolute atomic E-state index is 0.249. The summed E-state index contributed by atoms with van der Waals surface area (Å²) in [6.45, 7) is 0. The predicted octanol–water partition coefficient (Wildman–Crippen LogP) is 0.965. The van der Waals surface area contributed by atoms with E-state index in [4.69, 9.17) is 10.8 Å². The molecule has 2 atom stereocenters. The second kappa shape index (κ2) is 4.07. The first-order chi connectivity index (χ1) is 7.10. The first kappa shape index (κ1) is 10.8. The minimum Gasteiger partial charge on any atom is -0.480 e. The molecule has 2 rings (SSSR count). The maximum absolute atomic E-state index is 10.9. The molecule has 1 saturated carbocycles. The highest BCUT2D eigenvalue weighted by molar-refractivity contribution is 8.01. The van der Waals surface area contributed by atoms with Gasteiger partial charge in [0.15, 0.2) is 4.34 Å². The number of carbonyl (C=O) groups is 1. The predicted molar refractivity (Wildman–Crippen MR) is 58.0 cm³/mol. The van der Waals surface area contributed by atoms with Crippen molar-refractivity contribution in [3.8, 4) is 0 Å². The van der Waals surface area contributed by atoms with Gasteiger partial charge in [-0.05, 0) is 30.8 Å². The Hall–Kier alpha value is -0.660. The minimum atomic E-state index is -1.04. The van der Waals surface area contributed by atoms with Gasteiger partial charge in [-0.2, -0.15) is 4.37 Å². The molecule has 15 heavy (non-hydrogen) atoms. The van der Waals surface area contributed by atoms with Gasteiger partial charge in [0.25, 0.3) is 0 Å². The highest BCUT2D eigenvalue weighted by Gasteiger charge is 2.42. The molecular formula is C8H11N3O2S2. The van der Waals surface area contributed by atoms with Crippen LogP contribution in [0.15, 0.2) is 10.7 Å². The lowest BCUT2D eigenvalue weighted by atomic mass is 10.0. The van der Waals surface area contributed by atoms with Crippen molar-refractivity contribution in [2.75, 3.05) is 0 Å². The van der Waals surface area contributed by atoms with Crippen LogP contribution in [0.2, 0.25) is 0 Å². The average Bonchev–Trinajstić information content (AvgIpc) is 2.77. The zero-order valence-corrected chi connectivity index (χ0v) is 9.55. The third-order valence-electron chi connectivity index (χ3n) is 2.54. The van der Waals surface area contributed by atoms with E-state index in [2.05, 4.69) is 9.36 Å². The van der Waals surface area contributed by atoms with Gasteiger partial charge in [-0.3, -0.25) is 4.79 Å². The number of hydrogen-bond donors (Lipinski definition) is 2. The molecule has 0 aliphatic heterocycles. The summed E-state index contributed by atoms with van der Waals surface area (Å²) in [6, 6.07) is 0. The molecule has 5 nitrogen and oxygen atoms in total. The first-order valence-electron chi connectivity index (χ1n) is 4.56. The fourth-order valence-corrected chi connectivity index (χ4v) is 3.68. The lowest BCUT2D eigenvalue weighted by Crippen LogP contribution is -2.45. The van der Waals surface area contributed by atoms with Gasteiger partial charge in [0.1, 0.15) is 11.9 Å². The van der Waals surface area contributed by atoms with Gasteiger partial charge in [-0.25, -0.2) is 4.98 Å². The quantitative estimate of drug-likeness (QED) is 0.824. The van der Waals surface area contributed by atoms with Crippen LogP contribution in [0.3, 0.4) is 0 Å². The summed E-state index contributed by atoms with van der Waals surface area (Å²) >= 11 is 2.91. The van der Waals surface area contributed by atoms with Crippen LogP contribution in [0.5, 0.6) is 0 Å². The number of thioether (sulfide) groups is 1. The molecule has 82 valence electrons. The van der Waals surface area contributed by atoms with E-state index in [1.54, 1.807) is 11.8 Å². The molecule has 3 N–H and O–H groups in total. The Labute approximate surface area is 95.3 Å². The average molecular weight is 245 g/mol. The molecule has 0 bridgehead atoms. The number of carboxylic acid groups (broad SMARTS) is 1. The molecule has 1 aliphatic rings. The van der Waals surface area contributed by atoms with E-state index >= 15 is 0 Å². The van der Waals surface area contributed by atoms with Crippen molar-refractivity contribution in [1.82, 2.24) is 9.36 Å². The lowest BCUT2D eigenvalue weighted by molar-refractivity contribution is -0.143. The number of carboxylic acids is 1. The standard InChI is InChI=1S/C8H11N3O2S2/c9-8(6(12)13)2-1-5(3-8)14-7-10-4-11-15-7/h4-5H,1-3,9H2,(H,12,13). The fourth-order valence-electron chi connectivity index (χ4n) is 1.68. The maximum Gasteiger partial charge on any atom is 0.323 e. The largest absolute Gasteiger partial charge is 0.480 e. The van der Waals surface area contributed by atoms with E-state index in [9.17, 15) is 4.79 Å². The van der Waals surface area contributed by atoms with Gasteiger partial charge >= 0.3 is 5.97 Å². The van der Waals surface area contributed by atoms with Crippen molar-refractivity contribution >= 4 is 29.3 Å². The summed E-state index contributed by atoms with van der Waals surface area (Å²) in [5.41, 5.74) is 4.74. The van der Waals surface area contributed by atoms with Crippen molar-refractivity contribution in [1.29, 1.82) is 0 Å². The molecule has 1 heterocycles. The second-order valence-corrected chi connectivity index (χ2v) is 5.98. The molecular weight excluding hydrogens is 234 g/mol. The Morgan fingerprint density at radius 3 is 3.13 bits per heavy atom. The van der Waals surface area contributed by atoms with Crippen LogP contribution in [0.4, 0.5) is 0 Å². The Morgan fingerprint density at radius 2 is 2.60 bits per heavy atom. The van der Waals surface area contributed by atoms with Crippen LogP contribution in [0.25, 0.3) is 0 Å². The Kier molecular flexibility index (Phi) is 2.94. The summed E-state index contributed by atoms with van der Waals surface area (Å²) in [6.07, 6.45) is 3.38. The third-order valence-corrected chi connectivity index (χ3v) is 4.56. The van der Waals surface area contributed by atoms with Gasteiger partial charge < -0.3 is 10.8 Å². The van der Waals surface area contributed by atoms with Crippen molar-refractivity contribution in [2.24, 2.45) is 5.73 Å². The smallest absolute Gasteiger partial charge is 0.323 e. The van der Waals surface area contributed by atoms with Gasteiger partial charge in [0, 0.05) is 5.25 Å². The van der Waals surface area contributed by atoms with E-state index in [-0.39, 0.29) is 5.25 Å². The van der Waals surface area contributed by atoms with Crippen molar-refractivity contribution < 1.29 is 9.90 Å². The summed E-state index contributed by atoms with van der Waals surface area (Å²) in [4.78, 5) is 15.0. The van der Waals surface area contributed by atoms with Crippen LogP contribution in [-0.4, -0.2) is 31.2 Å². The van der Waals surface area contributed by atoms with Gasteiger partial charge in [0.2, 0.25) is 0 Å². The molecule has 2 unspecified atom stereocenters. The molecule has 1 aromatic heterocycles. The highest BCUT2D eigenvalue weighted by Crippen LogP contribution is 2.39. The maximum atomic E-state index is 10.9. The third kappa shape index (κ3) is 2.30. The van der Waals surface area contributed by atoms with Crippen LogP contribution in [0, 0.1) is 0 Å². The van der Waals surface area contributed by atoms with Crippen LogP contribution >= 0.6 is 23.3 Å². The van der Waals surface area contributed by atoms with E-state index in [0.29, 0.717) is 12.8 Å². The molecule has 7 heteroatoms. The summed E-state index contributed by atoms with van der Waals surface area (Å²) in [5, 5.41) is 9.21. The van der Waals surface area contributed by atoms with Gasteiger partial charge in [-0.1, -0.05) is 11.8 Å². The Morgan fingerprint density at radius 1 is 1.80 bits per heavy atom. The molecule has 0 radical (unpaired) electrons. The van der Waals surface area contributed by atoms with Crippen LogP contribution in [-0.2, 0) is 4.79 Å². The topological polar surface area (TPSA) is 89.1 Å². The Bertz CT molecular complexity index is 357. The van der Waals surface area contributed by atoms with Crippen LogP contribution in [0.1, 0.15) is 19.3 Å². The van der Waals surface area contributed by atoms with Gasteiger partial charge in [-0.15, -0.1) is 0 Å². The van der Waals surface area contributed by atoms with Crippen molar-refractivity contribution in [3.05, 3.63) is 6.33 Å². The molecule has 0 saturated heterocycles. The number of rotatable bonds is 3. The zero-order chi connectivity index (χ0) is 10.9. The Balaban J connectivity index is 1.96. The normalized spacial score (nSPS) is 30.6. The SMILES string of the molecule is NC1(C(=O)O)CCC(Sc2ncns2)C1. The van der Waals surface area contributed by atoms with E-state index in [1.807, 2.05) is 0 Å². The van der Waals surface area contributed by atoms with E-state index < -0.39 is 11.5 Å². The number of nitrogens with zero attached hydrogens (tertiary/aromatic N) is 2. The monoisotopic (exact) mass is 245 g/mol. The molecule has 0 aromatic carbocycles. The van der Waals surface area contributed by atoms with Crippen molar-refractivity contribution in [2.45, 2.75) is 34.4 Å². The zero-order valence-electron chi connectivity index (χ0n) is 7.92. The molecule has 0 spiro atoms. The fraction of sp³-hybridized carbons (Fsp3) is 0.625. The summed E-state index contributed by atoms with van der Waals surface area (Å²) in [5.74, 6) is -0.900. The summed E-state index contributed by atoms with van der Waals surface area (Å²) in [7, 11) is 0. The summed E-state index contributed by atoms with van der Waals surface area (Å²) < 4.78 is 4.78. The second-order valence-electron chi connectivity index (χ2n) is 3.65. The van der Waals surface area contributed by atoms with E-state index in [0.717, 1.165) is 10.8 Å². The van der Waals surface area contributed by atoms with Crippen LogP contribution < -0.4 is 5.73 Å².